The Morgan fingerprint density at radius 3 is 2.65 bits per heavy atom. The Kier molecular flexibility index (Phi) is 4.45. The molecule has 2 aromatic rings. The zero-order valence-corrected chi connectivity index (χ0v) is 13.0. The number of benzene rings is 2. The number of carbonyl (C=O) groups is 1. The molecule has 0 aliphatic rings. The summed E-state index contributed by atoms with van der Waals surface area (Å²) in [5.41, 5.74) is 10.1. The SMILES string of the molecule is Cc1ccc(COC(=O)c2cccc(N)c2Br)cc1C. The first-order valence-corrected chi connectivity index (χ1v) is 7.05. The number of hydrogen-bond donors (Lipinski definition) is 1. The van der Waals surface area contributed by atoms with Crippen molar-refractivity contribution in [3.63, 3.8) is 0 Å². The third kappa shape index (κ3) is 3.20. The second-order valence-corrected chi connectivity index (χ2v) is 5.50. The number of ether oxygens (including phenoxy) is 1. The van der Waals surface area contributed by atoms with Gasteiger partial charge in [-0.1, -0.05) is 24.3 Å². The van der Waals surface area contributed by atoms with E-state index in [1.807, 2.05) is 25.1 Å². The summed E-state index contributed by atoms with van der Waals surface area (Å²) < 4.78 is 5.89. The molecule has 2 aromatic carbocycles. The Hall–Kier alpha value is -1.81. The number of rotatable bonds is 3. The number of aryl methyl sites for hydroxylation is 2. The fourth-order valence-corrected chi connectivity index (χ4v) is 2.25. The number of halogens is 1. The maximum atomic E-state index is 12.0. The molecule has 3 nitrogen and oxygen atoms in total. The van der Waals surface area contributed by atoms with Crippen molar-refractivity contribution in [2.75, 3.05) is 5.73 Å². The van der Waals surface area contributed by atoms with Crippen LogP contribution in [0.5, 0.6) is 0 Å². The minimum absolute atomic E-state index is 0.251. The Labute approximate surface area is 126 Å². The normalized spacial score (nSPS) is 10.3. The van der Waals surface area contributed by atoms with Crippen molar-refractivity contribution >= 4 is 27.6 Å². The lowest BCUT2D eigenvalue weighted by Gasteiger charge is -2.09. The third-order valence-electron chi connectivity index (χ3n) is 3.19. The quantitative estimate of drug-likeness (QED) is 0.682. The zero-order valence-electron chi connectivity index (χ0n) is 11.4. The lowest BCUT2D eigenvalue weighted by Crippen LogP contribution is -2.07. The van der Waals surface area contributed by atoms with E-state index in [9.17, 15) is 4.79 Å². The van der Waals surface area contributed by atoms with E-state index in [4.69, 9.17) is 10.5 Å². The van der Waals surface area contributed by atoms with Crippen molar-refractivity contribution in [2.24, 2.45) is 0 Å². The molecular weight excluding hydrogens is 318 g/mol. The fraction of sp³-hybridized carbons (Fsp3) is 0.188. The van der Waals surface area contributed by atoms with Crippen LogP contribution >= 0.6 is 15.9 Å². The summed E-state index contributed by atoms with van der Waals surface area (Å²) in [4.78, 5) is 12.0. The first-order chi connectivity index (χ1) is 9.49. The van der Waals surface area contributed by atoms with Gasteiger partial charge >= 0.3 is 5.97 Å². The highest BCUT2D eigenvalue weighted by atomic mass is 79.9. The topological polar surface area (TPSA) is 52.3 Å². The van der Waals surface area contributed by atoms with Gasteiger partial charge in [-0.25, -0.2) is 4.79 Å². The smallest absolute Gasteiger partial charge is 0.339 e. The molecule has 0 saturated heterocycles. The lowest BCUT2D eigenvalue weighted by atomic mass is 10.1. The van der Waals surface area contributed by atoms with Crippen LogP contribution in [0.3, 0.4) is 0 Å². The van der Waals surface area contributed by atoms with Gasteiger partial charge in [-0.2, -0.15) is 0 Å². The molecule has 20 heavy (non-hydrogen) atoms. The van der Waals surface area contributed by atoms with Crippen molar-refractivity contribution in [1.29, 1.82) is 0 Å². The predicted molar refractivity (Wildman–Crippen MR) is 83.6 cm³/mol. The van der Waals surface area contributed by atoms with Crippen molar-refractivity contribution in [3.05, 3.63) is 63.1 Å². The number of nitrogens with two attached hydrogens (primary N) is 1. The minimum atomic E-state index is -0.387. The summed E-state index contributed by atoms with van der Waals surface area (Å²) in [5.74, 6) is -0.387. The average molecular weight is 334 g/mol. The molecule has 4 heteroatoms. The van der Waals surface area contributed by atoms with Gasteiger partial charge in [-0.15, -0.1) is 0 Å². The largest absolute Gasteiger partial charge is 0.457 e. The predicted octanol–water partition coefficient (Wildman–Crippen LogP) is 4.01. The van der Waals surface area contributed by atoms with E-state index in [0.717, 1.165) is 5.56 Å². The lowest BCUT2D eigenvalue weighted by molar-refractivity contribution is 0.0471. The molecule has 0 spiro atoms. The maximum absolute atomic E-state index is 12.0. The second kappa shape index (κ2) is 6.09. The van der Waals surface area contributed by atoms with Crippen LogP contribution < -0.4 is 5.73 Å². The Morgan fingerprint density at radius 2 is 1.95 bits per heavy atom. The molecule has 0 radical (unpaired) electrons. The number of hydrogen-bond acceptors (Lipinski definition) is 3. The Morgan fingerprint density at radius 1 is 1.20 bits per heavy atom. The monoisotopic (exact) mass is 333 g/mol. The van der Waals surface area contributed by atoms with Crippen LogP contribution in [0.4, 0.5) is 5.69 Å². The van der Waals surface area contributed by atoms with E-state index in [2.05, 4.69) is 22.9 Å². The summed E-state index contributed by atoms with van der Waals surface area (Å²) in [5, 5.41) is 0. The summed E-state index contributed by atoms with van der Waals surface area (Å²) in [6.45, 7) is 4.34. The van der Waals surface area contributed by atoms with Gasteiger partial charge < -0.3 is 10.5 Å². The van der Waals surface area contributed by atoms with Crippen LogP contribution in [0.2, 0.25) is 0 Å². The van der Waals surface area contributed by atoms with Crippen LogP contribution in [-0.2, 0) is 11.3 Å². The van der Waals surface area contributed by atoms with Gasteiger partial charge in [-0.05, 0) is 58.6 Å². The molecule has 0 aliphatic carbocycles. The van der Waals surface area contributed by atoms with E-state index >= 15 is 0 Å². The van der Waals surface area contributed by atoms with E-state index in [-0.39, 0.29) is 12.6 Å². The third-order valence-corrected chi connectivity index (χ3v) is 4.07. The van der Waals surface area contributed by atoms with Gasteiger partial charge in [0.2, 0.25) is 0 Å². The number of esters is 1. The van der Waals surface area contributed by atoms with Gasteiger partial charge in [0.05, 0.1) is 10.0 Å². The molecule has 0 bridgehead atoms. The molecular formula is C16H16BrNO2. The van der Waals surface area contributed by atoms with Gasteiger partial charge in [0.25, 0.3) is 0 Å². The van der Waals surface area contributed by atoms with E-state index in [0.29, 0.717) is 15.7 Å². The number of anilines is 1. The summed E-state index contributed by atoms with van der Waals surface area (Å²) >= 11 is 3.30. The first-order valence-electron chi connectivity index (χ1n) is 6.26. The van der Waals surface area contributed by atoms with Crippen molar-refractivity contribution in [1.82, 2.24) is 0 Å². The molecule has 0 aliphatic heterocycles. The zero-order chi connectivity index (χ0) is 14.7. The van der Waals surface area contributed by atoms with Crippen LogP contribution in [-0.4, -0.2) is 5.97 Å². The summed E-state index contributed by atoms with van der Waals surface area (Å²) in [6, 6.07) is 11.1. The maximum Gasteiger partial charge on any atom is 0.339 e. The molecule has 0 aromatic heterocycles. The molecule has 104 valence electrons. The van der Waals surface area contributed by atoms with E-state index in [1.54, 1.807) is 18.2 Å². The highest BCUT2D eigenvalue weighted by Gasteiger charge is 2.13. The van der Waals surface area contributed by atoms with Crippen LogP contribution in [0.15, 0.2) is 40.9 Å². The molecule has 0 amide bonds. The van der Waals surface area contributed by atoms with Crippen molar-refractivity contribution in [3.8, 4) is 0 Å². The molecule has 0 unspecified atom stereocenters. The van der Waals surface area contributed by atoms with Gasteiger partial charge in [0, 0.05) is 5.69 Å². The molecule has 2 rings (SSSR count). The van der Waals surface area contributed by atoms with Crippen molar-refractivity contribution < 1.29 is 9.53 Å². The van der Waals surface area contributed by atoms with Gasteiger partial charge in [0.15, 0.2) is 0 Å². The van der Waals surface area contributed by atoms with Gasteiger partial charge in [0.1, 0.15) is 6.61 Å². The molecule has 0 heterocycles. The first kappa shape index (κ1) is 14.6. The number of carbonyl (C=O) groups excluding carboxylic acids is 1. The van der Waals surface area contributed by atoms with Crippen LogP contribution in [0.25, 0.3) is 0 Å². The fourth-order valence-electron chi connectivity index (χ4n) is 1.83. The van der Waals surface area contributed by atoms with Crippen LogP contribution in [0, 0.1) is 13.8 Å². The highest BCUT2D eigenvalue weighted by Crippen LogP contribution is 2.24. The summed E-state index contributed by atoms with van der Waals surface area (Å²) in [6.07, 6.45) is 0. The minimum Gasteiger partial charge on any atom is -0.457 e. The average Bonchev–Trinajstić information content (AvgIpc) is 2.43. The molecule has 0 saturated carbocycles. The Balaban J connectivity index is 2.08. The highest BCUT2D eigenvalue weighted by molar-refractivity contribution is 9.10. The van der Waals surface area contributed by atoms with E-state index < -0.39 is 0 Å². The molecule has 0 fully saturated rings. The number of nitrogen functional groups attached to an aromatic ring is 1. The van der Waals surface area contributed by atoms with Gasteiger partial charge in [-0.3, -0.25) is 0 Å². The summed E-state index contributed by atoms with van der Waals surface area (Å²) in [7, 11) is 0. The standard InChI is InChI=1S/C16H16BrNO2/c1-10-6-7-12(8-11(10)2)9-20-16(19)13-4-3-5-14(18)15(13)17/h3-8H,9,18H2,1-2H3. The van der Waals surface area contributed by atoms with Crippen molar-refractivity contribution in [2.45, 2.75) is 20.5 Å². The van der Waals surface area contributed by atoms with E-state index in [1.165, 1.54) is 11.1 Å². The Bertz CT molecular complexity index is 653. The molecule has 2 N–H and O–H groups in total. The molecule has 0 atom stereocenters. The second-order valence-electron chi connectivity index (χ2n) is 4.70. The van der Waals surface area contributed by atoms with Crippen LogP contribution in [0.1, 0.15) is 27.0 Å².